The van der Waals surface area contributed by atoms with Crippen LogP contribution in [0.4, 0.5) is 10.5 Å². The van der Waals surface area contributed by atoms with Gasteiger partial charge in [0.25, 0.3) is 0 Å². The van der Waals surface area contributed by atoms with E-state index in [1.807, 2.05) is 6.92 Å². The summed E-state index contributed by atoms with van der Waals surface area (Å²) in [4.78, 5) is 37.1. The van der Waals surface area contributed by atoms with Crippen molar-refractivity contribution in [1.29, 1.82) is 0 Å². The van der Waals surface area contributed by atoms with Crippen molar-refractivity contribution in [2.24, 2.45) is 5.73 Å². The lowest BCUT2D eigenvalue weighted by Crippen LogP contribution is -2.45. The van der Waals surface area contributed by atoms with Gasteiger partial charge in [-0.15, -0.1) is 0 Å². The van der Waals surface area contributed by atoms with E-state index in [-0.39, 0.29) is 0 Å². The van der Waals surface area contributed by atoms with E-state index in [2.05, 4.69) is 15.6 Å². The van der Waals surface area contributed by atoms with E-state index in [0.717, 1.165) is 0 Å². The number of ether oxygens (including phenoxy) is 1. The van der Waals surface area contributed by atoms with Gasteiger partial charge in [0.05, 0.1) is 24.9 Å². The van der Waals surface area contributed by atoms with Gasteiger partial charge >= 0.3 is 12.0 Å². The molecule has 0 aromatic carbocycles. The Morgan fingerprint density at radius 3 is 2.62 bits per heavy atom. The number of carbonyl (C=O) groups is 3. The van der Waals surface area contributed by atoms with Crippen LogP contribution >= 0.6 is 0 Å². The quantitative estimate of drug-likeness (QED) is 0.554. The van der Waals surface area contributed by atoms with E-state index >= 15 is 0 Å². The first-order valence-corrected chi connectivity index (χ1v) is 6.09. The molecule has 1 rings (SSSR count). The van der Waals surface area contributed by atoms with Crippen molar-refractivity contribution in [3.05, 3.63) is 18.3 Å². The molecule has 0 saturated heterocycles. The Bertz CT molecular complexity index is 517. The Morgan fingerprint density at radius 1 is 1.43 bits per heavy atom. The van der Waals surface area contributed by atoms with Crippen LogP contribution in [0.3, 0.4) is 0 Å². The van der Waals surface area contributed by atoms with Gasteiger partial charge in [-0.05, 0) is 13.0 Å². The van der Waals surface area contributed by atoms with Crippen molar-refractivity contribution in [3.63, 3.8) is 0 Å². The van der Waals surface area contributed by atoms with Gasteiger partial charge in [0.2, 0.25) is 11.8 Å². The van der Waals surface area contributed by atoms with Gasteiger partial charge < -0.3 is 26.2 Å². The molecule has 1 aromatic rings. The molecule has 0 aliphatic carbocycles. The van der Waals surface area contributed by atoms with E-state index in [1.54, 1.807) is 12.1 Å². The van der Waals surface area contributed by atoms with Crippen LogP contribution in [0.1, 0.15) is 13.3 Å². The van der Waals surface area contributed by atoms with E-state index < -0.39 is 30.4 Å². The largest absolute Gasteiger partial charge is 0.480 e. The van der Waals surface area contributed by atoms with Gasteiger partial charge in [0.1, 0.15) is 6.04 Å². The predicted octanol–water partition coefficient (Wildman–Crippen LogP) is -0.0696. The predicted molar refractivity (Wildman–Crippen MR) is 72.8 cm³/mol. The number of urea groups is 1. The fourth-order valence-electron chi connectivity index (χ4n) is 1.41. The second-order valence-electron chi connectivity index (χ2n) is 3.98. The van der Waals surface area contributed by atoms with E-state index in [9.17, 15) is 14.4 Å². The maximum absolute atomic E-state index is 11.6. The minimum absolute atomic E-state index is 0.346. The maximum atomic E-state index is 11.6. The summed E-state index contributed by atoms with van der Waals surface area (Å²) in [6, 6.07) is 0.923. The van der Waals surface area contributed by atoms with Crippen molar-refractivity contribution in [2.75, 3.05) is 11.9 Å². The number of amides is 3. The molecule has 114 valence electrons. The van der Waals surface area contributed by atoms with Crippen molar-refractivity contribution >= 4 is 23.6 Å². The fraction of sp³-hybridized carbons (Fsp3) is 0.333. The summed E-state index contributed by atoms with van der Waals surface area (Å²) in [5, 5.41) is 13.4. The molecule has 0 aliphatic rings. The second kappa shape index (κ2) is 7.68. The topological polar surface area (TPSA) is 144 Å². The van der Waals surface area contributed by atoms with E-state index in [1.165, 1.54) is 6.20 Å². The van der Waals surface area contributed by atoms with E-state index in [4.69, 9.17) is 15.6 Å². The molecular formula is C12H16N4O5. The third-order valence-corrected chi connectivity index (χ3v) is 2.30. The Labute approximate surface area is 120 Å². The number of aromatic nitrogens is 1. The number of nitrogens with one attached hydrogen (secondary N) is 2. The SMILES string of the molecule is CCOc1ccc(NC(=O)NC(CC(N)=O)C(=O)O)cn1. The summed E-state index contributed by atoms with van der Waals surface area (Å²) in [5.74, 6) is -1.78. The molecule has 0 fully saturated rings. The standard InChI is InChI=1S/C12H16N4O5/c1-2-21-10-4-3-7(6-14-10)15-12(20)16-8(11(18)19)5-9(13)17/h3-4,6,8H,2,5H2,1H3,(H2,13,17)(H,18,19)(H2,15,16,20). The number of rotatable bonds is 7. The van der Waals surface area contributed by atoms with Gasteiger partial charge in [-0.2, -0.15) is 0 Å². The molecular weight excluding hydrogens is 280 g/mol. The van der Waals surface area contributed by atoms with Gasteiger partial charge in [-0.3, -0.25) is 4.79 Å². The van der Waals surface area contributed by atoms with Crippen LogP contribution in [0.2, 0.25) is 0 Å². The summed E-state index contributed by atoms with van der Waals surface area (Å²) >= 11 is 0. The molecule has 0 bridgehead atoms. The molecule has 1 heterocycles. The number of carboxylic acid groups (broad SMARTS) is 1. The number of hydrogen-bond acceptors (Lipinski definition) is 5. The highest BCUT2D eigenvalue weighted by Crippen LogP contribution is 2.11. The maximum Gasteiger partial charge on any atom is 0.326 e. The molecule has 1 unspecified atom stereocenters. The summed E-state index contributed by atoms with van der Waals surface area (Å²) in [6.45, 7) is 2.28. The van der Waals surface area contributed by atoms with Crippen LogP contribution in [-0.4, -0.2) is 40.6 Å². The molecule has 0 saturated carbocycles. The average Bonchev–Trinajstić information content (AvgIpc) is 2.40. The summed E-state index contributed by atoms with van der Waals surface area (Å²) < 4.78 is 5.14. The van der Waals surface area contributed by atoms with Crippen LogP contribution in [0, 0.1) is 0 Å². The number of pyridine rings is 1. The van der Waals surface area contributed by atoms with Crippen LogP contribution in [0.15, 0.2) is 18.3 Å². The number of primary amides is 1. The third kappa shape index (κ3) is 5.76. The first-order chi connectivity index (χ1) is 9.92. The van der Waals surface area contributed by atoms with Crippen LogP contribution in [0.5, 0.6) is 5.88 Å². The van der Waals surface area contributed by atoms with E-state index in [0.29, 0.717) is 18.2 Å². The number of carboxylic acids is 1. The summed E-state index contributed by atoms with van der Waals surface area (Å²) in [7, 11) is 0. The van der Waals surface area contributed by atoms with Gasteiger partial charge in [0.15, 0.2) is 0 Å². The number of anilines is 1. The monoisotopic (exact) mass is 296 g/mol. The fourth-order valence-corrected chi connectivity index (χ4v) is 1.41. The number of carbonyl (C=O) groups excluding carboxylic acids is 2. The number of nitrogens with two attached hydrogens (primary N) is 1. The highest BCUT2D eigenvalue weighted by Gasteiger charge is 2.22. The number of aliphatic carboxylic acids is 1. The lowest BCUT2D eigenvalue weighted by molar-refractivity contribution is -0.140. The Balaban J connectivity index is 2.59. The Hall–Kier alpha value is -2.84. The zero-order chi connectivity index (χ0) is 15.8. The normalized spacial score (nSPS) is 11.3. The lowest BCUT2D eigenvalue weighted by atomic mass is 10.2. The number of nitrogens with zero attached hydrogens (tertiary/aromatic N) is 1. The van der Waals surface area contributed by atoms with Crippen molar-refractivity contribution in [2.45, 2.75) is 19.4 Å². The molecule has 0 spiro atoms. The molecule has 1 aromatic heterocycles. The van der Waals surface area contributed by atoms with Crippen LogP contribution in [0.25, 0.3) is 0 Å². The second-order valence-corrected chi connectivity index (χ2v) is 3.98. The van der Waals surface area contributed by atoms with Crippen molar-refractivity contribution in [3.8, 4) is 5.88 Å². The molecule has 9 heteroatoms. The van der Waals surface area contributed by atoms with Gasteiger partial charge in [-0.25, -0.2) is 14.6 Å². The minimum Gasteiger partial charge on any atom is -0.480 e. The van der Waals surface area contributed by atoms with Crippen molar-refractivity contribution < 1.29 is 24.2 Å². The van der Waals surface area contributed by atoms with Crippen LogP contribution < -0.4 is 21.1 Å². The lowest BCUT2D eigenvalue weighted by Gasteiger charge is -2.13. The third-order valence-electron chi connectivity index (χ3n) is 2.30. The molecule has 9 nitrogen and oxygen atoms in total. The Kier molecular flexibility index (Phi) is 5.93. The van der Waals surface area contributed by atoms with Gasteiger partial charge in [-0.1, -0.05) is 0 Å². The average molecular weight is 296 g/mol. The molecule has 0 radical (unpaired) electrons. The molecule has 21 heavy (non-hydrogen) atoms. The molecule has 0 aliphatic heterocycles. The zero-order valence-corrected chi connectivity index (χ0v) is 11.3. The first kappa shape index (κ1) is 16.2. The summed E-state index contributed by atoms with van der Waals surface area (Å²) in [6.07, 6.45) is 0.860. The minimum atomic E-state index is -1.39. The first-order valence-electron chi connectivity index (χ1n) is 6.09. The molecule has 5 N–H and O–H groups in total. The van der Waals surface area contributed by atoms with Crippen molar-refractivity contribution in [1.82, 2.24) is 10.3 Å². The van der Waals surface area contributed by atoms with Gasteiger partial charge in [0, 0.05) is 6.07 Å². The van der Waals surface area contributed by atoms with Crippen LogP contribution in [-0.2, 0) is 9.59 Å². The Morgan fingerprint density at radius 2 is 2.14 bits per heavy atom. The molecule has 1 atom stereocenters. The zero-order valence-electron chi connectivity index (χ0n) is 11.3. The highest BCUT2D eigenvalue weighted by atomic mass is 16.5. The smallest absolute Gasteiger partial charge is 0.326 e. The summed E-state index contributed by atoms with van der Waals surface area (Å²) in [5.41, 5.74) is 5.25. The highest BCUT2D eigenvalue weighted by molar-refractivity contribution is 5.93. The molecule has 3 amide bonds. The number of hydrogen-bond donors (Lipinski definition) is 4.